The van der Waals surface area contributed by atoms with Crippen LogP contribution in [0, 0.1) is 11.3 Å². The Hall–Kier alpha value is -3.11. The van der Waals surface area contributed by atoms with Crippen molar-refractivity contribution in [2.24, 2.45) is 0 Å². The SMILES string of the molecule is CS(=O)(=O)c1cccc(-c2cc(-c3ccco3)c(C#N)c(N)n2)c1. The van der Waals surface area contributed by atoms with Gasteiger partial charge in [0.2, 0.25) is 0 Å². The average molecular weight is 339 g/mol. The fraction of sp³-hybridized carbons (Fsp3) is 0.0588. The topological polar surface area (TPSA) is 110 Å². The molecular formula is C17H13N3O3S. The maximum Gasteiger partial charge on any atom is 0.175 e. The zero-order chi connectivity index (χ0) is 17.3. The van der Waals surface area contributed by atoms with Gasteiger partial charge in [0, 0.05) is 17.4 Å². The lowest BCUT2D eigenvalue weighted by molar-refractivity contribution is 0.582. The Balaban J connectivity index is 2.22. The van der Waals surface area contributed by atoms with E-state index in [4.69, 9.17) is 10.2 Å². The summed E-state index contributed by atoms with van der Waals surface area (Å²) in [6.07, 6.45) is 2.64. The summed E-state index contributed by atoms with van der Waals surface area (Å²) in [5.41, 5.74) is 7.68. The highest BCUT2D eigenvalue weighted by Gasteiger charge is 2.16. The smallest absolute Gasteiger partial charge is 0.175 e. The summed E-state index contributed by atoms with van der Waals surface area (Å²) < 4.78 is 28.8. The van der Waals surface area contributed by atoms with Crippen LogP contribution in [0.2, 0.25) is 0 Å². The molecule has 0 aliphatic carbocycles. The predicted octanol–water partition coefficient (Wildman–Crippen LogP) is 2.87. The zero-order valence-corrected chi connectivity index (χ0v) is 13.5. The highest BCUT2D eigenvalue weighted by Crippen LogP contribution is 2.32. The van der Waals surface area contributed by atoms with Crippen LogP contribution in [0.5, 0.6) is 0 Å². The van der Waals surface area contributed by atoms with Gasteiger partial charge in [-0.15, -0.1) is 0 Å². The molecule has 0 atom stereocenters. The first-order chi connectivity index (χ1) is 11.4. The van der Waals surface area contributed by atoms with Gasteiger partial charge < -0.3 is 10.2 Å². The second-order valence-corrected chi connectivity index (χ2v) is 7.22. The van der Waals surface area contributed by atoms with Crippen molar-refractivity contribution in [3.63, 3.8) is 0 Å². The third-order valence-electron chi connectivity index (χ3n) is 3.50. The van der Waals surface area contributed by atoms with Gasteiger partial charge >= 0.3 is 0 Å². The number of nitrogens with two attached hydrogens (primary N) is 1. The Bertz CT molecular complexity index is 1050. The van der Waals surface area contributed by atoms with E-state index in [1.54, 1.807) is 30.3 Å². The van der Waals surface area contributed by atoms with E-state index in [0.29, 0.717) is 22.6 Å². The molecule has 3 rings (SSSR count). The molecule has 0 saturated heterocycles. The number of nitrogen functional groups attached to an aromatic ring is 1. The maximum atomic E-state index is 11.7. The lowest BCUT2D eigenvalue weighted by Gasteiger charge is -2.09. The number of benzene rings is 1. The minimum absolute atomic E-state index is 0.0613. The summed E-state index contributed by atoms with van der Waals surface area (Å²) in [6, 6.07) is 13.5. The normalized spacial score (nSPS) is 11.2. The predicted molar refractivity (Wildman–Crippen MR) is 89.6 cm³/mol. The van der Waals surface area contributed by atoms with Crippen LogP contribution in [0.4, 0.5) is 5.82 Å². The second kappa shape index (κ2) is 5.83. The van der Waals surface area contributed by atoms with Gasteiger partial charge in [0.25, 0.3) is 0 Å². The third-order valence-corrected chi connectivity index (χ3v) is 4.61. The van der Waals surface area contributed by atoms with Crippen LogP contribution in [0.25, 0.3) is 22.6 Å². The quantitative estimate of drug-likeness (QED) is 0.785. The molecule has 2 N–H and O–H groups in total. The number of hydrogen-bond donors (Lipinski definition) is 1. The van der Waals surface area contributed by atoms with Gasteiger partial charge in [-0.1, -0.05) is 12.1 Å². The summed E-state index contributed by atoms with van der Waals surface area (Å²) in [5.74, 6) is 0.548. The number of aromatic nitrogens is 1. The summed E-state index contributed by atoms with van der Waals surface area (Å²) in [6.45, 7) is 0. The number of furan rings is 1. The van der Waals surface area contributed by atoms with Gasteiger partial charge in [-0.05, 0) is 30.3 Å². The highest BCUT2D eigenvalue weighted by molar-refractivity contribution is 7.90. The molecule has 0 spiro atoms. The van der Waals surface area contributed by atoms with E-state index < -0.39 is 9.84 Å². The molecule has 7 heteroatoms. The van der Waals surface area contributed by atoms with E-state index >= 15 is 0 Å². The van der Waals surface area contributed by atoms with Crippen molar-refractivity contribution in [3.8, 4) is 28.7 Å². The molecule has 0 radical (unpaired) electrons. The van der Waals surface area contributed by atoms with Crippen LogP contribution in [0.1, 0.15) is 5.56 Å². The van der Waals surface area contributed by atoms with Crippen molar-refractivity contribution in [2.75, 3.05) is 12.0 Å². The molecule has 0 aliphatic heterocycles. The number of rotatable bonds is 3. The Labute approximate surface area is 139 Å². The number of sulfone groups is 1. The molecule has 0 unspecified atom stereocenters. The van der Waals surface area contributed by atoms with Crippen molar-refractivity contribution in [3.05, 3.63) is 54.3 Å². The number of nitriles is 1. The van der Waals surface area contributed by atoms with Gasteiger partial charge in [-0.25, -0.2) is 13.4 Å². The van der Waals surface area contributed by atoms with Crippen molar-refractivity contribution in [2.45, 2.75) is 4.90 Å². The Morgan fingerprint density at radius 2 is 2.00 bits per heavy atom. The van der Waals surface area contributed by atoms with E-state index in [9.17, 15) is 13.7 Å². The molecule has 1 aromatic carbocycles. The Morgan fingerprint density at radius 3 is 2.62 bits per heavy atom. The third kappa shape index (κ3) is 2.87. The van der Waals surface area contributed by atoms with Crippen LogP contribution in [-0.4, -0.2) is 19.7 Å². The second-order valence-electron chi connectivity index (χ2n) is 5.20. The van der Waals surface area contributed by atoms with Crippen LogP contribution >= 0.6 is 0 Å². The van der Waals surface area contributed by atoms with Gasteiger partial charge in [-0.2, -0.15) is 5.26 Å². The summed E-state index contributed by atoms with van der Waals surface area (Å²) >= 11 is 0. The first-order valence-corrected chi connectivity index (χ1v) is 8.84. The van der Waals surface area contributed by atoms with E-state index in [1.807, 2.05) is 6.07 Å². The zero-order valence-electron chi connectivity index (χ0n) is 12.7. The molecule has 2 heterocycles. The van der Waals surface area contributed by atoms with Gasteiger partial charge in [0.15, 0.2) is 9.84 Å². The van der Waals surface area contributed by atoms with E-state index in [1.165, 1.54) is 18.4 Å². The molecule has 24 heavy (non-hydrogen) atoms. The van der Waals surface area contributed by atoms with E-state index in [-0.39, 0.29) is 16.3 Å². The van der Waals surface area contributed by atoms with E-state index in [2.05, 4.69) is 4.98 Å². The number of anilines is 1. The molecule has 120 valence electrons. The molecule has 0 aliphatic rings. The first kappa shape index (κ1) is 15.8. The van der Waals surface area contributed by atoms with Gasteiger partial charge in [0.05, 0.1) is 16.9 Å². The van der Waals surface area contributed by atoms with E-state index in [0.717, 1.165) is 6.26 Å². The molecule has 0 amide bonds. The molecule has 0 saturated carbocycles. The van der Waals surface area contributed by atoms with Gasteiger partial charge in [0.1, 0.15) is 23.2 Å². The number of hydrogen-bond acceptors (Lipinski definition) is 6. The average Bonchev–Trinajstić information content (AvgIpc) is 3.07. The molecule has 3 aromatic rings. The van der Waals surface area contributed by atoms with Crippen molar-refractivity contribution in [1.29, 1.82) is 5.26 Å². The molecule has 6 nitrogen and oxygen atoms in total. The van der Waals surface area contributed by atoms with Crippen LogP contribution in [-0.2, 0) is 9.84 Å². The van der Waals surface area contributed by atoms with Crippen LogP contribution < -0.4 is 5.73 Å². The number of nitrogens with zero attached hydrogens (tertiary/aromatic N) is 2. The maximum absolute atomic E-state index is 11.7. The highest BCUT2D eigenvalue weighted by atomic mass is 32.2. The van der Waals surface area contributed by atoms with Crippen LogP contribution in [0.15, 0.2) is 58.0 Å². The standard InChI is InChI=1S/C17H13N3O3S/c1-24(21,22)12-5-2-4-11(8-12)15-9-13(16-6-3-7-23-16)14(10-18)17(19)20-15/h2-9H,1H3,(H2,19,20). The first-order valence-electron chi connectivity index (χ1n) is 6.95. The van der Waals surface area contributed by atoms with Crippen molar-refractivity contribution in [1.82, 2.24) is 4.98 Å². The minimum atomic E-state index is -3.34. The minimum Gasteiger partial charge on any atom is -0.464 e. The summed E-state index contributed by atoms with van der Waals surface area (Å²) in [4.78, 5) is 4.41. The molecule has 0 bridgehead atoms. The lowest BCUT2D eigenvalue weighted by Crippen LogP contribution is -2.00. The monoisotopic (exact) mass is 339 g/mol. The summed E-state index contributed by atoms with van der Waals surface area (Å²) in [7, 11) is -3.34. The number of pyridine rings is 1. The molecule has 2 aromatic heterocycles. The fourth-order valence-corrected chi connectivity index (χ4v) is 3.01. The van der Waals surface area contributed by atoms with Crippen molar-refractivity contribution >= 4 is 15.7 Å². The van der Waals surface area contributed by atoms with Crippen LogP contribution in [0.3, 0.4) is 0 Å². The van der Waals surface area contributed by atoms with Crippen molar-refractivity contribution < 1.29 is 12.8 Å². The largest absolute Gasteiger partial charge is 0.464 e. The Morgan fingerprint density at radius 1 is 1.21 bits per heavy atom. The lowest BCUT2D eigenvalue weighted by atomic mass is 10.0. The molecular weight excluding hydrogens is 326 g/mol. The summed E-state index contributed by atoms with van der Waals surface area (Å²) in [5, 5.41) is 9.32. The fourth-order valence-electron chi connectivity index (χ4n) is 2.34. The molecule has 0 fully saturated rings. The Kier molecular flexibility index (Phi) is 3.83. The van der Waals surface area contributed by atoms with Gasteiger partial charge in [-0.3, -0.25) is 0 Å².